The molecule has 176 valence electrons. The third kappa shape index (κ3) is 2.56. The minimum atomic E-state index is -1.21. The number of nitrogens with zero attached hydrogens (tertiary/aromatic N) is 1. The van der Waals surface area contributed by atoms with Crippen LogP contribution in [-0.2, 0) is 0 Å². The highest BCUT2D eigenvalue weighted by molar-refractivity contribution is 6.41. The van der Waals surface area contributed by atoms with Gasteiger partial charge in [-0.3, -0.25) is 24.8 Å². The van der Waals surface area contributed by atoms with E-state index in [-0.39, 0.29) is 38.7 Å². The molecule has 1 amide bonds. The molecule has 0 atom stereocenters. The van der Waals surface area contributed by atoms with E-state index in [1.54, 1.807) is 38.4 Å². The Morgan fingerprint density at radius 2 is 1.25 bits per heavy atom. The van der Waals surface area contributed by atoms with Gasteiger partial charge in [0.05, 0.1) is 5.56 Å². The molecule has 8 rings (SSSR count). The number of amidine groups is 1. The summed E-state index contributed by atoms with van der Waals surface area (Å²) in [5, 5.41) is 23.0. The van der Waals surface area contributed by atoms with E-state index in [2.05, 4.69) is 4.98 Å². The summed E-state index contributed by atoms with van der Waals surface area (Å²) in [6.45, 7) is 0. The Labute approximate surface area is 201 Å². The van der Waals surface area contributed by atoms with Gasteiger partial charge >= 0.3 is 5.97 Å². The van der Waals surface area contributed by atoms with E-state index in [9.17, 15) is 24.3 Å². The number of aromatic amines is 1. The molecule has 0 aliphatic carbocycles. The van der Waals surface area contributed by atoms with Gasteiger partial charge in [0, 0.05) is 52.2 Å². The zero-order chi connectivity index (χ0) is 25.6. The molecular formula is C27H18N4O5. The number of nitrogens with two attached hydrogens (primary N) is 1. The summed E-state index contributed by atoms with van der Waals surface area (Å²) in [6, 6.07) is 11.0. The SMILES string of the molecule is CN(C)C(=N)c1cc(C(=O)O)c2c3ccc(C(N)=O)c4c5ccc(c6ccc(c(=O)[nH]c5=O)c1c62)c34. The number of primary amides is 1. The first-order valence-corrected chi connectivity index (χ1v) is 11.0. The number of hydrogen-bond donors (Lipinski definition) is 4. The lowest BCUT2D eigenvalue weighted by molar-refractivity contribution is 0.0699. The van der Waals surface area contributed by atoms with Gasteiger partial charge in [-0.15, -0.1) is 0 Å². The maximum absolute atomic E-state index is 13.4. The molecule has 9 heteroatoms. The van der Waals surface area contributed by atoms with E-state index in [0.717, 1.165) is 0 Å². The predicted octanol–water partition coefficient (Wildman–Crippen LogP) is 3.06. The molecule has 0 aliphatic heterocycles. The molecule has 10 bridgehead atoms. The normalized spacial score (nSPS) is 11.8. The minimum absolute atomic E-state index is 0.00577. The molecule has 0 unspecified atom stereocenters. The van der Waals surface area contributed by atoms with Crippen LogP contribution in [0, 0.1) is 5.41 Å². The number of aromatic nitrogens is 1. The molecule has 0 saturated carbocycles. The second-order valence-electron chi connectivity index (χ2n) is 9.02. The molecule has 8 aromatic rings. The summed E-state index contributed by atoms with van der Waals surface area (Å²) >= 11 is 0. The van der Waals surface area contributed by atoms with Crippen molar-refractivity contribution in [2.24, 2.45) is 5.73 Å². The number of amides is 1. The van der Waals surface area contributed by atoms with Gasteiger partial charge in [-0.2, -0.15) is 0 Å². The molecule has 0 spiro atoms. The summed E-state index contributed by atoms with van der Waals surface area (Å²) in [5.41, 5.74) is 4.53. The fourth-order valence-corrected chi connectivity index (χ4v) is 5.42. The Hall–Kier alpha value is -5.05. The first-order valence-electron chi connectivity index (χ1n) is 11.0. The van der Waals surface area contributed by atoms with Crippen LogP contribution < -0.4 is 16.9 Å². The van der Waals surface area contributed by atoms with Crippen molar-refractivity contribution in [3.05, 3.63) is 79.9 Å². The van der Waals surface area contributed by atoms with Gasteiger partial charge in [0.1, 0.15) is 5.84 Å². The van der Waals surface area contributed by atoms with Crippen LogP contribution in [0.15, 0.2) is 52.1 Å². The lowest BCUT2D eigenvalue weighted by Crippen LogP contribution is -2.23. The summed E-state index contributed by atoms with van der Waals surface area (Å²) in [6.07, 6.45) is 0. The smallest absolute Gasteiger partial charge is 0.336 e. The quantitative estimate of drug-likeness (QED) is 0.132. The maximum Gasteiger partial charge on any atom is 0.336 e. The molecule has 3 heterocycles. The average molecular weight is 478 g/mol. The number of rotatable bonds is 3. The molecule has 3 aromatic heterocycles. The topological polar surface area (TPSA) is 157 Å². The number of fused-ring (bicyclic) bond motifs is 1. The number of carboxylic acid groups (broad SMARTS) is 1. The largest absolute Gasteiger partial charge is 0.478 e. The van der Waals surface area contributed by atoms with E-state index < -0.39 is 23.0 Å². The van der Waals surface area contributed by atoms with Crippen molar-refractivity contribution < 1.29 is 14.7 Å². The average Bonchev–Trinajstić information content (AvgIpc) is 2.88. The van der Waals surface area contributed by atoms with E-state index in [1.165, 1.54) is 23.1 Å². The van der Waals surface area contributed by atoms with Crippen LogP contribution in [0.25, 0.3) is 53.9 Å². The van der Waals surface area contributed by atoms with E-state index in [0.29, 0.717) is 37.7 Å². The number of carbonyl (C=O) groups is 2. The van der Waals surface area contributed by atoms with Gasteiger partial charge < -0.3 is 15.7 Å². The van der Waals surface area contributed by atoms with Gasteiger partial charge in [-0.05, 0) is 51.2 Å². The first-order chi connectivity index (χ1) is 17.1. The lowest BCUT2D eigenvalue weighted by atomic mass is 9.83. The second kappa shape index (κ2) is 6.98. The van der Waals surface area contributed by atoms with Crippen molar-refractivity contribution in [2.75, 3.05) is 14.1 Å². The van der Waals surface area contributed by atoms with Gasteiger partial charge in [0.15, 0.2) is 0 Å². The van der Waals surface area contributed by atoms with Gasteiger partial charge in [0.25, 0.3) is 11.1 Å². The maximum atomic E-state index is 13.4. The molecule has 5 aromatic carbocycles. The molecule has 0 fully saturated rings. The Morgan fingerprint density at radius 3 is 1.81 bits per heavy atom. The van der Waals surface area contributed by atoms with Crippen LogP contribution in [-0.4, -0.2) is 46.8 Å². The Bertz CT molecular complexity index is 2090. The molecule has 0 aliphatic rings. The number of carbonyl (C=O) groups excluding carboxylic acids is 1. The molecule has 9 nitrogen and oxygen atoms in total. The van der Waals surface area contributed by atoms with Gasteiger partial charge in [-0.25, -0.2) is 4.79 Å². The molecule has 36 heavy (non-hydrogen) atoms. The molecule has 0 radical (unpaired) electrons. The van der Waals surface area contributed by atoms with Crippen molar-refractivity contribution in [3.63, 3.8) is 0 Å². The lowest BCUT2D eigenvalue weighted by Gasteiger charge is -2.21. The monoisotopic (exact) mass is 478 g/mol. The summed E-state index contributed by atoms with van der Waals surface area (Å²) < 4.78 is 0. The predicted molar refractivity (Wildman–Crippen MR) is 139 cm³/mol. The molecule has 0 saturated heterocycles. The highest BCUT2D eigenvalue weighted by Gasteiger charge is 2.26. The Kier molecular flexibility index (Phi) is 4.17. The Balaban J connectivity index is 2.16. The molecule has 5 N–H and O–H groups in total. The van der Waals surface area contributed by atoms with Crippen LogP contribution >= 0.6 is 0 Å². The highest BCUT2D eigenvalue weighted by Crippen LogP contribution is 2.45. The summed E-state index contributed by atoms with van der Waals surface area (Å²) in [7, 11) is 3.30. The van der Waals surface area contributed by atoms with Crippen molar-refractivity contribution >= 4 is 71.6 Å². The third-order valence-corrected chi connectivity index (χ3v) is 6.92. The van der Waals surface area contributed by atoms with Crippen molar-refractivity contribution in [3.8, 4) is 0 Å². The highest BCUT2D eigenvalue weighted by atomic mass is 16.4. The fraction of sp³-hybridized carbons (Fsp3) is 0.0741. The van der Waals surface area contributed by atoms with Crippen LogP contribution in [0.3, 0.4) is 0 Å². The number of aromatic carboxylic acids is 1. The van der Waals surface area contributed by atoms with Crippen molar-refractivity contribution in [2.45, 2.75) is 0 Å². The number of nitrogens with one attached hydrogen (secondary N) is 2. The number of benzene rings is 5. The van der Waals surface area contributed by atoms with E-state index in [4.69, 9.17) is 11.1 Å². The fourth-order valence-electron chi connectivity index (χ4n) is 5.42. The van der Waals surface area contributed by atoms with Crippen molar-refractivity contribution in [1.82, 2.24) is 9.88 Å². The summed E-state index contributed by atoms with van der Waals surface area (Å²) in [5.74, 6) is -1.96. The Morgan fingerprint density at radius 1 is 0.750 bits per heavy atom. The molecular weight excluding hydrogens is 460 g/mol. The number of hydrogen-bond acceptors (Lipinski definition) is 5. The van der Waals surface area contributed by atoms with Gasteiger partial charge in [0.2, 0.25) is 5.91 Å². The number of carboxylic acids is 1. The zero-order valence-electron chi connectivity index (χ0n) is 19.1. The van der Waals surface area contributed by atoms with Crippen molar-refractivity contribution in [1.29, 1.82) is 5.41 Å². The minimum Gasteiger partial charge on any atom is -0.478 e. The van der Waals surface area contributed by atoms with E-state index >= 15 is 0 Å². The van der Waals surface area contributed by atoms with Crippen LogP contribution in [0.5, 0.6) is 0 Å². The van der Waals surface area contributed by atoms with Crippen LogP contribution in [0.1, 0.15) is 26.3 Å². The van der Waals surface area contributed by atoms with E-state index in [1.807, 2.05) is 0 Å². The van der Waals surface area contributed by atoms with Gasteiger partial charge in [-0.1, -0.05) is 18.2 Å². The second-order valence-corrected chi connectivity index (χ2v) is 9.02. The third-order valence-electron chi connectivity index (χ3n) is 6.92. The standard InChI is InChI=1S/C27H18N4O5/c1-31(2)23(28)16-9-17(27(35)36)19-12-5-6-13(24(29)32)20-14-7-3-10(18(12)20)11-4-8-15(21(16)22(11)19)26(34)30-25(14)33/h3-9,28H,1-2H3,(H2,29,32)(H,35,36)(H,30,33,34). The van der Waals surface area contributed by atoms with Crippen LogP contribution in [0.4, 0.5) is 0 Å². The summed E-state index contributed by atoms with van der Waals surface area (Å²) in [4.78, 5) is 55.6. The van der Waals surface area contributed by atoms with Crippen LogP contribution in [0.2, 0.25) is 0 Å². The zero-order valence-corrected chi connectivity index (χ0v) is 19.1. The number of H-pyrrole nitrogens is 1. The first kappa shape index (κ1) is 21.5.